The molecule has 0 saturated heterocycles. The van der Waals surface area contributed by atoms with E-state index in [-0.39, 0.29) is 12.6 Å². The molecule has 0 aliphatic heterocycles. The minimum Gasteiger partial charge on any atom is -0.375 e. The van der Waals surface area contributed by atoms with Gasteiger partial charge in [0.05, 0.1) is 11.7 Å². The normalized spacial score (nSPS) is 13.3. The third-order valence-electron chi connectivity index (χ3n) is 2.15. The van der Waals surface area contributed by atoms with E-state index in [1.807, 2.05) is 0 Å². The van der Waals surface area contributed by atoms with Gasteiger partial charge in [0.2, 0.25) is 0 Å². The van der Waals surface area contributed by atoms with Crippen LogP contribution < -0.4 is 11.3 Å². The maximum Gasteiger partial charge on any atom is 0.261 e. The van der Waals surface area contributed by atoms with Gasteiger partial charge in [-0.1, -0.05) is 5.21 Å². The average molecular weight is 314 g/mol. The third kappa shape index (κ3) is 4.26. The van der Waals surface area contributed by atoms with Crippen LogP contribution in [0, 0.1) is 0 Å². The molecule has 1 heterocycles. The summed E-state index contributed by atoms with van der Waals surface area (Å²) < 4.78 is 30.6. The van der Waals surface area contributed by atoms with E-state index < -0.39 is 13.0 Å². The number of hydrogen-bond acceptors (Lipinski definition) is 5. The van der Waals surface area contributed by atoms with Gasteiger partial charge in [0.25, 0.3) is 6.43 Å². The number of rotatable bonds is 7. The zero-order valence-corrected chi connectivity index (χ0v) is 10.8. The van der Waals surface area contributed by atoms with Gasteiger partial charge in [-0.2, -0.15) is 0 Å². The van der Waals surface area contributed by atoms with Gasteiger partial charge >= 0.3 is 0 Å². The highest BCUT2D eigenvalue weighted by Crippen LogP contribution is 2.22. The first-order valence-electron chi connectivity index (χ1n) is 4.93. The molecule has 0 fully saturated rings. The summed E-state index contributed by atoms with van der Waals surface area (Å²) in [6.45, 7) is -0.390. The lowest BCUT2D eigenvalue weighted by Gasteiger charge is -2.16. The van der Waals surface area contributed by atoms with Crippen molar-refractivity contribution in [2.75, 3.05) is 13.2 Å². The number of ether oxygens (including phenoxy) is 1. The first-order valence-corrected chi connectivity index (χ1v) is 5.72. The van der Waals surface area contributed by atoms with Crippen molar-refractivity contribution in [2.24, 2.45) is 12.9 Å². The summed E-state index contributed by atoms with van der Waals surface area (Å²) in [5.74, 6) is 5.40. The molecular formula is C8H14BrF2N5O. The van der Waals surface area contributed by atoms with Crippen LogP contribution in [0.15, 0.2) is 4.60 Å². The van der Waals surface area contributed by atoms with Crippen LogP contribution in [-0.2, 0) is 11.8 Å². The molecular weight excluding hydrogens is 300 g/mol. The molecule has 1 aromatic heterocycles. The van der Waals surface area contributed by atoms with Crippen LogP contribution in [0.25, 0.3) is 0 Å². The largest absolute Gasteiger partial charge is 0.375 e. The highest BCUT2D eigenvalue weighted by molar-refractivity contribution is 9.10. The fourth-order valence-corrected chi connectivity index (χ4v) is 1.99. The summed E-state index contributed by atoms with van der Waals surface area (Å²) in [6, 6.07) is -0.262. The molecule has 6 nitrogen and oxygen atoms in total. The second-order valence-corrected chi connectivity index (χ2v) is 4.11. The summed E-state index contributed by atoms with van der Waals surface area (Å²) in [7, 11) is 1.72. The molecule has 0 saturated carbocycles. The molecule has 3 N–H and O–H groups in total. The lowest BCUT2D eigenvalue weighted by molar-refractivity contribution is 0.0141. The van der Waals surface area contributed by atoms with Crippen LogP contribution in [-0.4, -0.2) is 34.6 Å². The molecule has 0 spiro atoms. The molecule has 9 heteroatoms. The number of aryl methyl sites for hydroxylation is 1. The van der Waals surface area contributed by atoms with Gasteiger partial charge < -0.3 is 4.74 Å². The topological polar surface area (TPSA) is 78.0 Å². The average Bonchev–Trinajstić information content (AvgIpc) is 2.60. The Bertz CT molecular complexity index is 329. The predicted molar refractivity (Wildman–Crippen MR) is 60.2 cm³/mol. The number of nitrogens with two attached hydrogens (primary N) is 1. The quantitative estimate of drug-likeness (QED) is 0.441. The van der Waals surface area contributed by atoms with Crippen LogP contribution in [0.1, 0.15) is 18.2 Å². The SMILES string of the molecule is Cn1nnc(Br)c1C(CCOCC(F)F)NN. The molecule has 17 heavy (non-hydrogen) atoms. The van der Waals surface area contributed by atoms with Crippen LogP contribution in [0.5, 0.6) is 0 Å². The summed E-state index contributed by atoms with van der Waals surface area (Å²) in [6.07, 6.45) is -2.01. The minimum atomic E-state index is -2.45. The highest BCUT2D eigenvalue weighted by Gasteiger charge is 2.18. The number of hydrogen-bond donors (Lipinski definition) is 2. The Morgan fingerprint density at radius 3 is 2.76 bits per heavy atom. The number of alkyl halides is 2. The Kier molecular flexibility index (Phi) is 5.89. The van der Waals surface area contributed by atoms with Crippen molar-refractivity contribution in [2.45, 2.75) is 18.9 Å². The zero-order chi connectivity index (χ0) is 12.8. The van der Waals surface area contributed by atoms with Gasteiger partial charge in [-0.05, 0) is 22.4 Å². The molecule has 1 unspecified atom stereocenters. The van der Waals surface area contributed by atoms with Gasteiger partial charge in [0.1, 0.15) is 6.61 Å². The molecule has 0 amide bonds. The first kappa shape index (κ1) is 14.4. The molecule has 1 aromatic rings. The molecule has 1 rings (SSSR count). The monoisotopic (exact) mass is 313 g/mol. The molecule has 0 radical (unpaired) electrons. The molecule has 1 atom stereocenters. The van der Waals surface area contributed by atoms with E-state index in [4.69, 9.17) is 10.6 Å². The number of hydrazine groups is 1. The van der Waals surface area contributed by atoms with E-state index in [9.17, 15) is 8.78 Å². The predicted octanol–water partition coefficient (Wildman–Crippen LogP) is 0.754. The second kappa shape index (κ2) is 6.94. The van der Waals surface area contributed by atoms with Crippen LogP contribution in [0.2, 0.25) is 0 Å². The van der Waals surface area contributed by atoms with Crippen molar-refractivity contribution >= 4 is 15.9 Å². The van der Waals surface area contributed by atoms with E-state index in [2.05, 4.69) is 31.7 Å². The molecule has 0 bridgehead atoms. The number of aromatic nitrogens is 3. The van der Waals surface area contributed by atoms with E-state index in [0.717, 1.165) is 5.69 Å². The van der Waals surface area contributed by atoms with Crippen molar-refractivity contribution in [1.29, 1.82) is 0 Å². The van der Waals surface area contributed by atoms with Crippen LogP contribution in [0.4, 0.5) is 8.78 Å². The molecule has 98 valence electrons. The van der Waals surface area contributed by atoms with Crippen molar-refractivity contribution in [3.05, 3.63) is 10.3 Å². The van der Waals surface area contributed by atoms with Crippen molar-refractivity contribution in [1.82, 2.24) is 20.4 Å². The molecule has 0 aromatic carbocycles. The van der Waals surface area contributed by atoms with Gasteiger partial charge in [-0.25, -0.2) is 13.5 Å². The Balaban J connectivity index is 2.49. The highest BCUT2D eigenvalue weighted by atomic mass is 79.9. The van der Waals surface area contributed by atoms with Gasteiger partial charge in [0, 0.05) is 13.7 Å². The molecule has 0 aliphatic rings. The zero-order valence-electron chi connectivity index (χ0n) is 9.24. The fourth-order valence-electron chi connectivity index (χ4n) is 1.38. The number of nitrogens with zero attached hydrogens (tertiary/aromatic N) is 3. The maximum atomic E-state index is 11.8. The van der Waals surface area contributed by atoms with Crippen molar-refractivity contribution in [3.8, 4) is 0 Å². The molecule has 0 aliphatic carbocycles. The second-order valence-electron chi connectivity index (χ2n) is 3.36. The van der Waals surface area contributed by atoms with E-state index in [1.165, 1.54) is 0 Å². The third-order valence-corrected chi connectivity index (χ3v) is 2.72. The summed E-state index contributed by atoms with van der Waals surface area (Å²) >= 11 is 3.24. The number of halogens is 3. The fraction of sp³-hybridized carbons (Fsp3) is 0.750. The van der Waals surface area contributed by atoms with Gasteiger partial charge in [-0.15, -0.1) is 5.10 Å². The van der Waals surface area contributed by atoms with Crippen molar-refractivity contribution in [3.63, 3.8) is 0 Å². The Morgan fingerprint density at radius 1 is 1.59 bits per heavy atom. The van der Waals surface area contributed by atoms with Crippen LogP contribution >= 0.6 is 15.9 Å². The lowest BCUT2D eigenvalue weighted by atomic mass is 10.1. The van der Waals surface area contributed by atoms with Gasteiger partial charge in [0.15, 0.2) is 4.60 Å². The Hall–Kier alpha value is -0.640. The smallest absolute Gasteiger partial charge is 0.261 e. The Morgan fingerprint density at radius 2 is 2.29 bits per heavy atom. The first-order chi connectivity index (χ1) is 8.06. The van der Waals surface area contributed by atoms with Crippen LogP contribution in [0.3, 0.4) is 0 Å². The summed E-state index contributed by atoms with van der Waals surface area (Å²) in [4.78, 5) is 0. The summed E-state index contributed by atoms with van der Waals surface area (Å²) in [5, 5.41) is 7.62. The summed E-state index contributed by atoms with van der Waals surface area (Å²) in [5.41, 5.74) is 3.32. The lowest BCUT2D eigenvalue weighted by Crippen LogP contribution is -2.31. The van der Waals surface area contributed by atoms with E-state index in [0.29, 0.717) is 11.0 Å². The Labute approximate surface area is 106 Å². The minimum absolute atomic E-state index is 0.177. The number of nitrogens with one attached hydrogen (secondary N) is 1. The standard InChI is InChI=1S/C8H14BrF2N5O/c1-16-7(8(9)14-15-16)5(13-12)2-3-17-4-6(10)11/h5-6,13H,2-4,12H2,1H3. The van der Waals surface area contributed by atoms with E-state index >= 15 is 0 Å². The van der Waals surface area contributed by atoms with Gasteiger partial charge in [-0.3, -0.25) is 11.3 Å². The van der Waals surface area contributed by atoms with Crippen molar-refractivity contribution < 1.29 is 13.5 Å². The van der Waals surface area contributed by atoms with E-state index in [1.54, 1.807) is 11.7 Å². The maximum absolute atomic E-state index is 11.8.